The first-order chi connectivity index (χ1) is 11.3. The van der Waals surface area contributed by atoms with Crippen molar-refractivity contribution in [3.8, 4) is 11.3 Å². The highest BCUT2D eigenvalue weighted by Crippen LogP contribution is 2.21. The molecule has 0 spiro atoms. The van der Waals surface area contributed by atoms with Crippen molar-refractivity contribution in [2.45, 2.75) is 19.4 Å². The van der Waals surface area contributed by atoms with Crippen molar-refractivity contribution in [3.05, 3.63) is 65.0 Å². The van der Waals surface area contributed by atoms with Gasteiger partial charge < -0.3 is 5.32 Å². The summed E-state index contributed by atoms with van der Waals surface area (Å²) >= 11 is 1.58. The molecule has 0 aliphatic carbocycles. The normalized spacial score (nSPS) is 10.4. The van der Waals surface area contributed by atoms with E-state index in [2.05, 4.69) is 20.3 Å². The summed E-state index contributed by atoms with van der Waals surface area (Å²) in [5.41, 5.74) is 3.02. The highest BCUT2D eigenvalue weighted by molar-refractivity contribution is 7.09. The zero-order valence-corrected chi connectivity index (χ0v) is 13.3. The minimum absolute atomic E-state index is 0.0301. The lowest BCUT2D eigenvalue weighted by Crippen LogP contribution is -2.22. The third kappa shape index (κ3) is 4.43. The molecule has 3 heterocycles. The summed E-state index contributed by atoms with van der Waals surface area (Å²) in [6.45, 7) is 0.529. The van der Waals surface area contributed by atoms with Crippen molar-refractivity contribution in [1.29, 1.82) is 0 Å². The summed E-state index contributed by atoms with van der Waals surface area (Å²) in [6, 6.07) is 7.64. The average Bonchev–Trinajstić information content (AvgIpc) is 3.09. The number of hydrogen-bond donors (Lipinski definition) is 1. The first-order valence-corrected chi connectivity index (χ1v) is 8.19. The Hall–Kier alpha value is -2.60. The standard InChI is InChI=1S/C17H16N4OS/c22-16(20-11-13-3-7-18-8-4-13)1-2-17-21-15(12-23-17)14-5-9-19-10-6-14/h3-10,12H,1-2,11H2,(H,20,22). The van der Waals surface area contributed by atoms with Crippen LogP contribution in [0.3, 0.4) is 0 Å². The van der Waals surface area contributed by atoms with Gasteiger partial charge in [0, 0.05) is 55.1 Å². The molecule has 0 saturated carbocycles. The molecule has 0 radical (unpaired) electrons. The van der Waals surface area contributed by atoms with Crippen LogP contribution in [0.4, 0.5) is 0 Å². The minimum Gasteiger partial charge on any atom is -0.352 e. The number of aromatic nitrogens is 3. The Morgan fingerprint density at radius 1 is 1.04 bits per heavy atom. The monoisotopic (exact) mass is 324 g/mol. The highest BCUT2D eigenvalue weighted by Gasteiger charge is 2.07. The molecular formula is C17H16N4OS. The number of thiazole rings is 1. The molecule has 0 aliphatic heterocycles. The molecule has 0 saturated heterocycles. The molecule has 0 atom stereocenters. The lowest BCUT2D eigenvalue weighted by Gasteiger charge is -2.04. The van der Waals surface area contributed by atoms with Crippen molar-refractivity contribution in [2.75, 3.05) is 0 Å². The third-order valence-electron chi connectivity index (χ3n) is 3.33. The second-order valence-electron chi connectivity index (χ2n) is 4.99. The van der Waals surface area contributed by atoms with Crippen LogP contribution in [0.2, 0.25) is 0 Å². The van der Waals surface area contributed by atoms with Crippen molar-refractivity contribution in [2.24, 2.45) is 0 Å². The van der Waals surface area contributed by atoms with Crippen LogP contribution >= 0.6 is 11.3 Å². The van der Waals surface area contributed by atoms with Crippen molar-refractivity contribution >= 4 is 17.2 Å². The van der Waals surface area contributed by atoms with Gasteiger partial charge in [-0.25, -0.2) is 4.98 Å². The quantitative estimate of drug-likeness (QED) is 0.757. The summed E-state index contributed by atoms with van der Waals surface area (Å²) in [4.78, 5) is 24.4. The number of nitrogens with zero attached hydrogens (tertiary/aromatic N) is 3. The average molecular weight is 324 g/mol. The molecule has 0 fully saturated rings. The predicted molar refractivity (Wildman–Crippen MR) is 89.7 cm³/mol. The van der Waals surface area contributed by atoms with Crippen molar-refractivity contribution in [1.82, 2.24) is 20.3 Å². The fourth-order valence-electron chi connectivity index (χ4n) is 2.09. The Labute approximate surface area is 138 Å². The van der Waals surface area contributed by atoms with Crippen LogP contribution in [0.1, 0.15) is 17.0 Å². The van der Waals surface area contributed by atoms with E-state index in [0.717, 1.165) is 21.8 Å². The molecule has 1 N–H and O–H groups in total. The van der Waals surface area contributed by atoms with Crippen LogP contribution in [0.15, 0.2) is 54.4 Å². The summed E-state index contributed by atoms with van der Waals surface area (Å²) in [7, 11) is 0. The second-order valence-corrected chi connectivity index (χ2v) is 5.94. The Kier molecular flexibility index (Phi) is 5.06. The summed E-state index contributed by atoms with van der Waals surface area (Å²) < 4.78 is 0. The van der Waals surface area contributed by atoms with Gasteiger partial charge in [0.2, 0.25) is 5.91 Å². The lowest BCUT2D eigenvalue weighted by molar-refractivity contribution is -0.121. The first kappa shape index (κ1) is 15.3. The van der Waals surface area contributed by atoms with Crippen LogP contribution in [0.5, 0.6) is 0 Å². The number of rotatable bonds is 6. The predicted octanol–water partition coefficient (Wildman–Crippen LogP) is 2.85. The van der Waals surface area contributed by atoms with Crippen LogP contribution < -0.4 is 5.32 Å². The summed E-state index contributed by atoms with van der Waals surface area (Å²) in [5.74, 6) is 0.0301. The maximum absolute atomic E-state index is 11.9. The van der Waals surface area contributed by atoms with Gasteiger partial charge in [0.15, 0.2) is 0 Å². The van der Waals surface area contributed by atoms with Gasteiger partial charge >= 0.3 is 0 Å². The molecule has 3 rings (SSSR count). The van der Waals surface area contributed by atoms with Gasteiger partial charge in [-0.05, 0) is 29.8 Å². The summed E-state index contributed by atoms with van der Waals surface area (Å²) in [5, 5.41) is 5.89. The smallest absolute Gasteiger partial charge is 0.220 e. The first-order valence-electron chi connectivity index (χ1n) is 7.31. The maximum Gasteiger partial charge on any atom is 0.220 e. The molecule has 0 aliphatic rings. The summed E-state index contributed by atoms with van der Waals surface area (Å²) in [6.07, 6.45) is 8.03. The van der Waals surface area contributed by atoms with E-state index >= 15 is 0 Å². The number of amides is 1. The Morgan fingerprint density at radius 3 is 2.48 bits per heavy atom. The SMILES string of the molecule is O=C(CCc1nc(-c2ccncc2)cs1)NCc1ccncc1. The molecule has 5 nitrogen and oxygen atoms in total. The van der Waals surface area contributed by atoms with E-state index in [4.69, 9.17) is 0 Å². The Morgan fingerprint density at radius 2 is 1.74 bits per heavy atom. The molecular weight excluding hydrogens is 308 g/mol. The Balaban J connectivity index is 1.49. The highest BCUT2D eigenvalue weighted by atomic mass is 32.1. The van der Waals surface area contributed by atoms with E-state index < -0.39 is 0 Å². The topological polar surface area (TPSA) is 67.8 Å². The largest absolute Gasteiger partial charge is 0.352 e. The van der Waals surface area contributed by atoms with Crippen LogP contribution in [-0.4, -0.2) is 20.9 Å². The number of nitrogens with one attached hydrogen (secondary N) is 1. The van der Waals surface area contributed by atoms with Crippen LogP contribution in [-0.2, 0) is 17.8 Å². The van der Waals surface area contributed by atoms with Gasteiger partial charge in [0.1, 0.15) is 0 Å². The molecule has 6 heteroatoms. The van der Waals surface area contributed by atoms with Gasteiger partial charge in [-0.3, -0.25) is 14.8 Å². The Bertz CT molecular complexity index is 759. The van der Waals surface area contributed by atoms with Gasteiger partial charge in [0.25, 0.3) is 0 Å². The fraction of sp³-hybridized carbons (Fsp3) is 0.176. The van der Waals surface area contributed by atoms with E-state index in [1.54, 1.807) is 36.1 Å². The van der Waals surface area contributed by atoms with Gasteiger partial charge in [-0.1, -0.05) is 0 Å². The number of pyridine rings is 2. The zero-order chi connectivity index (χ0) is 15.9. The van der Waals surface area contributed by atoms with Crippen LogP contribution in [0, 0.1) is 0 Å². The second kappa shape index (κ2) is 7.60. The molecule has 3 aromatic rings. The molecule has 1 amide bonds. The van der Waals surface area contributed by atoms with Crippen molar-refractivity contribution in [3.63, 3.8) is 0 Å². The number of hydrogen-bond acceptors (Lipinski definition) is 5. The molecule has 3 aromatic heterocycles. The van der Waals surface area contributed by atoms with E-state index in [0.29, 0.717) is 19.4 Å². The van der Waals surface area contributed by atoms with Gasteiger partial charge in [-0.15, -0.1) is 11.3 Å². The number of carbonyl (C=O) groups excluding carboxylic acids is 1. The fourth-order valence-corrected chi connectivity index (χ4v) is 2.90. The minimum atomic E-state index is 0.0301. The van der Waals surface area contributed by atoms with Gasteiger partial charge in [0.05, 0.1) is 10.7 Å². The maximum atomic E-state index is 11.9. The van der Waals surface area contributed by atoms with Gasteiger partial charge in [-0.2, -0.15) is 0 Å². The molecule has 23 heavy (non-hydrogen) atoms. The molecule has 0 aromatic carbocycles. The van der Waals surface area contributed by atoms with E-state index in [1.165, 1.54) is 0 Å². The molecule has 116 valence electrons. The van der Waals surface area contributed by atoms with E-state index in [-0.39, 0.29) is 5.91 Å². The van der Waals surface area contributed by atoms with Crippen molar-refractivity contribution < 1.29 is 4.79 Å². The molecule has 0 unspecified atom stereocenters. The molecule has 0 bridgehead atoms. The number of carbonyl (C=O) groups is 1. The van der Waals surface area contributed by atoms with E-state index in [1.807, 2.05) is 29.6 Å². The number of aryl methyl sites for hydroxylation is 1. The lowest BCUT2D eigenvalue weighted by atomic mass is 10.2. The van der Waals surface area contributed by atoms with E-state index in [9.17, 15) is 4.79 Å². The zero-order valence-electron chi connectivity index (χ0n) is 12.5. The van der Waals surface area contributed by atoms with Crippen LogP contribution in [0.25, 0.3) is 11.3 Å². The third-order valence-corrected chi connectivity index (χ3v) is 4.24.